The van der Waals surface area contributed by atoms with Gasteiger partial charge in [0.2, 0.25) is 0 Å². The highest BCUT2D eigenvalue weighted by molar-refractivity contribution is 7.45. The average molecular weight is 325 g/mol. The van der Waals surface area contributed by atoms with Gasteiger partial charge >= 0.3 is 7.82 Å². The van der Waals surface area contributed by atoms with Gasteiger partial charge < -0.3 is 19.6 Å². The summed E-state index contributed by atoms with van der Waals surface area (Å²) in [5.41, 5.74) is 0. The molecular weight excluding hydrogens is 289 g/mol. The summed E-state index contributed by atoms with van der Waals surface area (Å²) >= 11 is 0. The van der Waals surface area contributed by atoms with Crippen LogP contribution in [0.15, 0.2) is 0 Å². The second kappa shape index (κ2) is 15.0. The standard InChI is InChI=1S/C15H33N.H3O4P/c1-5-6-7-8-9-10-11-12-13-14-15(2)16(3)4;1-5(2,3)4/h15H,5-14H2,1-4H3;(H3,1,2,3,4). The van der Waals surface area contributed by atoms with E-state index < -0.39 is 7.82 Å². The number of rotatable bonds is 11. The number of unbranched alkanes of at least 4 members (excludes halogenated alkanes) is 8. The third-order valence-electron chi connectivity index (χ3n) is 3.61. The highest BCUT2D eigenvalue weighted by Gasteiger charge is 2.03. The minimum absolute atomic E-state index is 0.754. The molecule has 1 atom stereocenters. The number of hydrogen-bond acceptors (Lipinski definition) is 2. The van der Waals surface area contributed by atoms with Crippen molar-refractivity contribution >= 4 is 7.82 Å². The molecule has 0 aliphatic heterocycles. The summed E-state index contributed by atoms with van der Waals surface area (Å²) in [5.74, 6) is 0. The lowest BCUT2D eigenvalue weighted by Gasteiger charge is -2.19. The second-order valence-electron chi connectivity index (χ2n) is 5.94. The van der Waals surface area contributed by atoms with E-state index in [0.717, 1.165) is 6.04 Å². The highest BCUT2D eigenvalue weighted by atomic mass is 31.2. The highest BCUT2D eigenvalue weighted by Crippen LogP contribution is 2.25. The van der Waals surface area contributed by atoms with Gasteiger partial charge in [-0.25, -0.2) is 4.57 Å². The third-order valence-corrected chi connectivity index (χ3v) is 3.61. The average Bonchev–Trinajstić information content (AvgIpc) is 2.34. The van der Waals surface area contributed by atoms with Gasteiger partial charge in [-0.1, -0.05) is 64.7 Å². The summed E-state index contributed by atoms with van der Waals surface area (Å²) in [6, 6.07) is 0.754. The minimum Gasteiger partial charge on any atom is -0.307 e. The van der Waals surface area contributed by atoms with Gasteiger partial charge in [0.15, 0.2) is 0 Å². The van der Waals surface area contributed by atoms with Gasteiger partial charge in [-0.05, 0) is 27.4 Å². The van der Waals surface area contributed by atoms with Crippen LogP contribution in [-0.2, 0) is 4.57 Å². The SMILES string of the molecule is CCCCCCCCCCCC(C)N(C)C.O=P(O)(O)O. The zero-order chi connectivity index (χ0) is 16.7. The van der Waals surface area contributed by atoms with Crippen LogP contribution in [0.3, 0.4) is 0 Å². The van der Waals surface area contributed by atoms with E-state index in [4.69, 9.17) is 19.2 Å². The summed E-state index contributed by atoms with van der Waals surface area (Å²) < 4.78 is 8.88. The summed E-state index contributed by atoms with van der Waals surface area (Å²) in [4.78, 5) is 23.9. The van der Waals surface area contributed by atoms with Crippen molar-refractivity contribution in [2.24, 2.45) is 0 Å². The van der Waals surface area contributed by atoms with Crippen molar-refractivity contribution in [2.75, 3.05) is 14.1 Å². The van der Waals surface area contributed by atoms with Crippen molar-refractivity contribution < 1.29 is 19.2 Å². The Morgan fingerprint density at radius 3 is 1.52 bits per heavy atom. The predicted molar refractivity (Wildman–Crippen MR) is 89.3 cm³/mol. The maximum atomic E-state index is 8.88. The molecule has 21 heavy (non-hydrogen) atoms. The normalized spacial score (nSPS) is 13.0. The maximum absolute atomic E-state index is 8.88. The first-order chi connectivity index (χ1) is 9.68. The first-order valence-corrected chi connectivity index (χ1v) is 9.69. The molecule has 3 N–H and O–H groups in total. The molecule has 0 radical (unpaired) electrons. The van der Waals surface area contributed by atoms with E-state index >= 15 is 0 Å². The zero-order valence-electron chi connectivity index (χ0n) is 14.3. The molecular formula is C15H36NO4P. The van der Waals surface area contributed by atoms with Crippen LogP contribution in [0.1, 0.15) is 78.1 Å². The molecule has 0 saturated carbocycles. The quantitative estimate of drug-likeness (QED) is 0.396. The van der Waals surface area contributed by atoms with Crippen LogP contribution in [0.4, 0.5) is 0 Å². The Kier molecular flexibility index (Phi) is 16.7. The monoisotopic (exact) mass is 325 g/mol. The van der Waals surface area contributed by atoms with E-state index in [0.29, 0.717) is 0 Å². The number of phosphoric acid groups is 1. The van der Waals surface area contributed by atoms with Crippen molar-refractivity contribution in [2.45, 2.75) is 84.1 Å². The topological polar surface area (TPSA) is 81.0 Å². The Hall–Kier alpha value is 0.0700. The lowest BCUT2D eigenvalue weighted by Crippen LogP contribution is -2.24. The fourth-order valence-electron chi connectivity index (χ4n) is 2.01. The Morgan fingerprint density at radius 2 is 1.19 bits per heavy atom. The van der Waals surface area contributed by atoms with Crippen LogP contribution < -0.4 is 0 Å². The van der Waals surface area contributed by atoms with Crippen molar-refractivity contribution in [1.29, 1.82) is 0 Å². The van der Waals surface area contributed by atoms with Gasteiger partial charge in [0, 0.05) is 6.04 Å². The van der Waals surface area contributed by atoms with Crippen molar-refractivity contribution in [3.63, 3.8) is 0 Å². The van der Waals surface area contributed by atoms with E-state index in [1.165, 1.54) is 64.2 Å². The molecule has 0 bridgehead atoms. The van der Waals surface area contributed by atoms with E-state index in [2.05, 4.69) is 32.8 Å². The molecule has 0 spiro atoms. The van der Waals surface area contributed by atoms with Gasteiger partial charge in [0.1, 0.15) is 0 Å². The molecule has 0 aliphatic rings. The molecule has 0 amide bonds. The van der Waals surface area contributed by atoms with E-state index in [-0.39, 0.29) is 0 Å². The summed E-state index contributed by atoms with van der Waals surface area (Å²) in [5, 5.41) is 0. The van der Waals surface area contributed by atoms with E-state index in [1.807, 2.05) is 0 Å². The van der Waals surface area contributed by atoms with Gasteiger partial charge in [0.05, 0.1) is 0 Å². The van der Waals surface area contributed by atoms with E-state index in [1.54, 1.807) is 0 Å². The molecule has 0 heterocycles. The Balaban J connectivity index is 0. The number of nitrogens with zero attached hydrogens (tertiary/aromatic N) is 1. The van der Waals surface area contributed by atoms with Crippen LogP contribution in [0, 0.1) is 0 Å². The fraction of sp³-hybridized carbons (Fsp3) is 1.00. The molecule has 0 aromatic heterocycles. The van der Waals surface area contributed by atoms with Crippen LogP contribution in [0.25, 0.3) is 0 Å². The Bertz CT molecular complexity index is 248. The van der Waals surface area contributed by atoms with Gasteiger partial charge in [-0.3, -0.25) is 0 Å². The zero-order valence-corrected chi connectivity index (χ0v) is 15.2. The summed E-state index contributed by atoms with van der Waals surface area (Å²) in [7, 11) is -0.281. The lowest BCUT2D eigenvalue weighted by atomic mass is 10.0. The van der Waals surface area contributed by atoms with Crippen LogP contribution >= 0.6 is 7.82 Å². The van der Waals surface area contributed by atoms with E-state index in [9.17, 15) is 0 Å². The largest absolute Gasteiger partial charge is 0.466 e. The van der Waals surface area contributed by atoms with Crippen LogP contribution in [-0.4, -0.2) is 39.7 Å². The van der Waals surface area contributed by atoms with Gasteiger partial charge in [-0.15, -0.1) is 0 Å². The summed E-state index contributed by atoms with van der Waals surface area (Å²) in [6.45, 7) is 4.61. The van der Waals surface area contributed by atoms with Gasteiger partial charge in [0.25, 0.3) is 0 Å². The smallest absolute Gasteiger partial charge is 0.307 e. The molecule has 0 saturated heterocycles. The van der Waals surface area contributed by atoms with Crippen molar-refractivity contribution in [1.82, 2.24) is 4.90 Å². The van der Waals surface area contributed by atoms with Crippen molar-refractivity contribution in [3.05, 3.63) is 0 Å². The molecule has 130 valence electrons. The first kappa shape index (κ1) is 23.3. The summed E-state index contributed by atoms with van der Waals surface area (Å²) in [6.07, 6.45) is 14.3. The third kappa shape index (κ3) is 28.9. The molecule has 0 aromatic carbocycles. The Morgan fingerprint density at radius 1 is 0.857 bits per heavy atom. The molecule has 1 unspecified atom stereocenters. The molecule has 5 nitrogen and oxygen atoms in total. The van der Waals surface area contributed by atoms with Crippen molar-refractivity contribution in [3.8, 4) is 0 Å². The van der Waals surface area contributed by atoms with Crippen LogP contribution in [0.2, 0.25) is 0 Å². The molecule has 0 aliphatic carbocycles. The lowest BCUT2D eigenvalue weighted by molar-refractivity contribution is 0.275. The first-order valence-electron chi connectivity index (χ1n) is 8.13. The Labute approximate surface area is 131 Å². The predicted octanol–water partition coefficient (Wildman–Crippen LogP) is 3.93. The van der Waals surface area contributed by atoms with Crippen LogP contribution in [0.5, 0.6) is 0 Å². The fourth-order valence-corrected chi connectivity index (χ4v) is 2.01. The van der Waals surface area contributed by atoms with Gasteiger partial charge in [-0.2, -0.15) is 0 Å². The maximum Gasteiger partial charge on any atom is 0.466 e. The number of hydrogen-bond donors (Lipinski definition) is 3. The molecule has 0 fully saturated rings. The molecule has 6 heteroatoms. The second-order valence-corrected chi connectivity index (χ2v) is 6.97. The molecule has 0 rings (SSSR count). The molecule has 0 aromatic rings. The minimum atomic E-state index is -4.64.